The van der Waals surface area contributed by atoms with Crippen molar-refractivity contribution in [2.24, 2.45) is 0 Å². The van der Waals surface area contributed by atoms with Gasteiger partial charge >= 0.3 is 0 Å². The van der Waals surface area contributed by atoms with Crippen molar-refractivity contribution in [2.45, 2.75) is 0 Å². The summed E-state index contributed by atoms with van der Waals surface area (Å²) in [7, 11) is 0. The normalized spacial score (nSPS) is 10.5. The number of pyridine rings is 2. The van der Waals surface area contributed by atoms with Crippen molar-refractivity contribution in [3.8, 4) is 22.4 Å². The summed E-state index contributed by atoms with van der Waals surface area (Å²) in [5.41, 5.74) is 2.99. The Hall–Kier alpha value is -2.62. The molecule has 3 rings (SSSR count). The predicted octanol–water partition coefficient (Wildman–Crippen LogP) is 4.09. The van der Waals surface area contributed by atoms with E-state index in [1.54, 1.807) is 18.6 Å². The monoisotopic (exact) mass is 268 g/mol. The lowest BCUT2D eigenvalue weighted by Gasteiger charge is -2.05. The number of aromatic nitrogens is 2. The lowest BCUT2D eigenvalue weighted by molar-refractivity contribution is 0.509. The van der Waals surface area contributed by atoms with Gasteiger partial charge in [0.15, 0.2) is 11.6 Å². The molecule has 0 amide bonds. The number of hydrogen-bond acceptors (Lipinski definition) is 2. The molecule has 0 unspecified atom stereocenters. The van der Waals surface area contributed by atoms with Crippen molar-refractivity contribution in [1.82, 2.24) is 9.97 Å². The van der Waals surface area contributed by atoms with Crippen LogP contribution in [0.2, 0.25) is 0 Å². The minimum absolute atomic E-state index is 0.537. The predicted molar refractivity (Wildman–Crippen MR) is 72.8 cm³/mol. The van der Waals surface area contributed by atoms with Crippen LogP contribution in [0.1, 0.15) is 0 Å². The molecule has 0 N–H and O–H groups in total. The molecule has 0 aliphatic carbocycles. The molecule has 2 aromatic heterocycles. The van der Waals surface area contributed by atoms with Gasteiger partial charge in [0, 0.05) is 29.7 Å². The van der Waals surface area contributed by atoms with Gasteiger partial charge in [-0.2, -0.15) is 0 Å². The van der Waals surface area contributed by atoms with Crippen LogP contribution in [-0.4, -0.2) is 9.97 Å². The van der Waals surface area contributed by atoms with E-state index in [1.807, 2.05) is 24.3 Å². The molecule has 98 valence electrons. The maximum atomic E-state index is 13.3. The minimum atomic E-state index is -0.879. The molecule has 20 heavy (non-hydrogen) atoms. The largest absolute Gasteiger partial charge is 0.264 e. The number of nitrogens with zero attached hydrogens (tertiary/aromatic N) is 2. The fourth-order valence-electron chi connectivity index (χ4n) is 1.96. The van der Waals surface area contributed by atoms with Gasteiger partial charge in [0.2, 0.25) is 0 Å². The van der Waals surface area contributed by atoms with Gasteiger partial charge in [0.1, 0.15) is 0 Å². The lowest BCUT2D eigenvalue weighted by atomic mass is 10.0. The van der Waals surface area contributed by atoms with Crippen LogP contribution in [0.5, 0.6) is 0 Å². The van der Waals surface area contributed by atoms with Crippen LogP contribution in [0.15, 0.2) is 61.1 Å². The fourth-order valence-corrected chi connectivity index (χ4v) is 1.96. The Labute approximate surface area is 114 Å². The van der Waals surface area contributed by atoms with Gasteiger partial charge in [-0.3, -0.25) is 9.97 Å². The second-order valence-electron chi connectivity index (χ2n) is 4.30. The van der Waals surface area contributed by atoms with Gasteiger partial charge in [-0.15, -0.1) is 0 Å². The second-order valence-corrected chi connectivity index (χ2v) is 4.30. The van der Waals surface area contributed by atoms with E-state index in [0.717, 1.165) is 23.3 Å². The highest BCUT2D eigenvalue weighted by Gasteiger charge is 2.07. The van der Waals surface area contributed by atoms with Crippen LogP contribution in [0.25, 0.3) is 22.4 Å². The molecule has 2 nitrogen and oxygen atoms in total. The lowest BCUT2D eigenvalue weighted by Crippen LogP contribution is -1.89. The maximum Gasteiger partial charge on any atom is 0.159 e. The number of rotatable bonds is 2. The van der Waals surface area contributed by atoms with Gasteiger partial charge in [-0.25, -0.2) is 8.78 Å². The summed E-state index contributed by atoms with van der Waals surface area (Å²) in [6, 6.07) is 11.2. The van der Waals surface area contributed by atoms with E-state index in [-0.39, 0.29) is 0 Å². The van der Waals surface area contributed by atoms with Crippen molar-refractivity contribution in [2.75, 3.05) is 0 Å². The third-order valence-electron chi connectivity index (χ3n) is 2.97. The number of benzene rings is 1. The maximum absolute atomic E-state index is 13.3. The second kappa shape index (κ2) is 5.17. The first-order chi connectivity index (χ1) is 9.74. The van der Waals surface area contributed by atoms with Crippen molar-refractivity contribution in [3.05, 3.63) is 72.7 Å². The Bertz CT molecular complexity index is 742. The van der Waals surface area contributed by atoms with E-state index < -0.39 is 11.6 Å². The molecule has 0 saturated carbocycles. The number of hydrogen-bond donors (Lipinski definition) is 0. The third-order valence-corrected chi connectivity index (χ3v) is 2.97. The zero-order valence-corrected chi connectivity index (χ0v) is 10.4. The molecule has 0 bridgehead atoms. The highest BCUT2D eigenvalue weighted by atomic mass is 19.2. The first kappa shape index (κ1) is 12.4. The van der Waals surface area contributed by atoms with E-state index >= 15 is 0 Å². The molecule has 2 heterocycles. The van der Waals surface area contributed by atoms with Crippen molar-refractivity contribution >= 4 is 0 Å². The Morgan fingerprint density at radius 3 is 2.40 bits per heavy atom. The average Bonchev–Trinajstić information content (AvgIpc) is 2.51. The molecule has 0 atom stereocenters. The van der Waals surface area contributed by atoms with Gasteiger partial charge in [-0.1, -0.05) is 6.07 Å². The van der Waals surface area contributed by atoms with E-state index in [4.69, 9.17) is 0 Å². The smallest absolute Gasteiger partial charge is 0.159 e. The van der Waals surface area contributed by atoms with Crippen LogP contribution >= 0.6 is 0 Å². The van der Waals surface area contributed by atoms with E-state index in [1.165, 1.54) is 6.07 Å². The van der Waals surface area contributed by atoms with Gasteiger partial charge in [0.25, 0.3) is 0 Å². The third kappa shape index (κ3) is 2.40. The van der Waals surface area contributed by atoms with Crippen LogP contribution in [0, 0.1) is 11.6 Å². The molecule has 4 heteroatoms. The summed E-state index contributed by atoms with van der Waals surface area (Å²) >= 11 is 0. The molecule has 0 fully saturated rings. The summed E-state index contributed by atoms with van der Waals surface area (Å²) in [6.45, 7) is 0. The van der Waals surface area contributed by atoms with E-state index in [9.17, 15) is 8.78 Å². The molecule has 3 aromatic rings. The van der Waals surface area contributed by atoms with Gasteiger partial charge < -0.3 is 0 Å². The van der Waals surface area contributed by atoms with Crippen molar-refractivity contribution < 1.29 is 8.78 Å². The SMILES string of the molecule is Fc1ccc(-c2cc(-c3cccnc3)ccn2)cc1F. The Kier molecular flexibility index (Phi) is 3.21. The summed E-state index contributed by atoms with van der Waals surface area (Å²) in [5.74, 6) is -1.74. The van der Waals surface area contributed by atoms with Gasteiger partial charge in [0.05, 0.1) is 5.69 Å². The average molecular weight is 268 g/mol. The standard InChI is InChI=1S/C16H10F2N2/c17-14-4-3-12(8-15(14)18)16-9-11(5-7-20-16)13-2-1-6-19-10-13/h1-10H. The molecular formula is C16H10F2N2. The van der Waals surface area contributed by atoms with Crippen LogP contribution in [0.3, 0.4) is 0 Å². The zero-order chi connectivity index (χ0) is 13.9. The zero-order valence-electron chi connectivity index (χ0n) is 10.4. The summed E-state index contributed by atoms with van der Waals surface area (Å²) in [4.78, 5) is 8.26. The first-order valence-electron chi connectivity index (χ1n) is 6.06. The summed E-state index contributed by atoms with van der Waals surface area (Å²) in [6.07, 6.45) is 5.07. The van der Waals surface area contributed by atoms with Crippen LogP contribution < -0.4 is 0 Å². The fraction of sp³-hybridized carbons (Fsp3) is 0. The summed E-state index contributed by atoms with van der Waals surface area (Å²) < 4.78 is 26.2. The highest BCUT2D eigenvalue weighted by Crippen LogP contribution is 2.24. The van der Waals surface area contributed by atoms with E-state index in [0.29, 0.717) is 11.3 Å². The van der Waals surface area contributed by atoms with Crippen LogP contribution in [-0.2, 0) is 0 Å². The van der Waals surface area contributed by atoms with Crippen molar-refractivity contribution in [3.63, 3.8) is 0 Å². The quantitative estimate of drug-likeness (QED) is 0.699. The molecular weight excluding hydrogens is 258 g/mol. The Balaban J connectivity index is 2.05. The van der Waals surface area contributed by atoms with Crippen molar-refractivity contribution in [1.29, 1.82) is 0 Å². The number of halogens is 2. The topological polar surface area (TPSA) is 25.8 Å². The first-order valence-corrected chi connectivity index (χ1v) is 6.06. The molecule has 0 aliphatic rings. The van der Waals surface area contributed by atoms with Crippen LogP contribution in [0.4, 0.5) is 8.78 Å². The Morgan fingerprint density at radius 1 is 0.750 bits per heavy atom. The highest BCUT2D eigenvalue weighted by molar-refractivity contribution is 5.69. The van der Waals surface area contributed by atoms with E-state index in [2.05, 4.69) is 9.97 Å². The molecule has 0 radical (unpaired) electrons. The minimum Gasteiger partial charge on any atom is -0.264 e. The molecule has 1 aromatic carbocycles. The molecule has 0 aliphatic heterocycles. The van der Waals surface area contributed by atoms with Gasteiger partial charge in [-0.05, 0) is 42.0 Å². The Morgan fingerprint density at radius 2 is 1.65 bits per heavy atom. The molecule has 0 spiro atoms. The summed E-state index contributed by atoms with van der Waals surface area (Å²) in [5, 5.41) is 0. The molecule has 0 saturated heterocycles.